The van der Waals surface area contributed by atoms with Gasteiger partial charge in [-0.1, -0.05) is 58.8 Å². The van der Waals surface area contributed by atoms with Crippen molar-refractivity contribution in [3.63, 3.8) is 0 Å². The van der Waals surface area contributed by atoms with Gasteiger partial charge in [-0.2, -0.15) is 0 Å². The summed E-state index contributed by atoms with van der Waals surface area (Å²) in [7, 11) is 0. The summed E-state index contributed by atoms with van der Waals surface area (Å²) in [5.41, 5.74) is 2.96. The van der Waals surface area contributed by atoms with E-state index in [1.54, 1.807) is 5.57 Å². The van der Waals surface area contributed by atoms with E-state index in [2.05, 4.69) is 40.3 Å². The highest BCUT2D eigenvalue weighted by molar-refractivity contribution is 5.35. The first-order chi connectivity index (χ1) is 8.56. The van der Waals surface area contributed by atoms with E-state index >= 15 is 0 Å². The van der Waals surface area contributed by atoms with Crippen LogP contribution in [0.5, 0.6) is 0 Å². The monoisotopic (exact) mass is 248 g/mol. The lowest BCUT2D eigenvalue weighted by Gasteiger charge is -2.26. The topological polar surface area (TPSA) is 0 Å². The molecule has 0 aromatic rings. The van der Waals surface area contributed by atoms with Crippen LogP contribution in [0.2, 0.25) is 0 Å². The Kier molecular flexibility index (Phi) is 6.75. The van der Waals surface area contributed by atoms with E-state index in [9.17, 15) is 0 Å². The molecule has 0 saturated heterocycles. The van der Waals surface area contributed by atoms with Crippen LogP contribution in [-0.2, 0) is 0 Å². The minimum atomic E-state index is 0.848. The lowest BCUT2D eigenvalue weighted by atomic mass is 9.79. The van der Waals surface area contributed by atoms with Crippen molar-refractivity contribution in [2.45, 2.75) is 72.6 Å². The van der Waals surface area contributed by atoms with Crippen LogP contribution in [0.4, 0.5) is 0 Å². The first kappa shape index (κ1) is 15.5. The lowest BCUT2D eigenvalue weighted by molar-refractivity contribution is 0.380. The summed E-state index contributed by atoms with van der Waals surface area (Å²) in [5.74, 6) is 2.62. The predicted molar refractivity (Wildman–Crippen MR) is 82.7 cm³/mol. The number of allylic oxidation sites excluding steroid dienone is 3. The van der Waals surface area contributed by atoms with Crippen molar-refractivity contribution in [3.8, 4) is 0 Å². The highest BCUT2D eigenvalue weighted by Crippen LogP contribution is 2.34. The van der Waals surface area contributed by atoms with Gasteiger partial charge in [0.25, 0.3) is 0 Å². The minimum Gasteiger partial charge on any atom is -0.0956 e. The van der Waals surface area contributed by atoms with E-state index in [0.29, 0.717) is 0 Å². The Balaban J connectivity index is 2.13. The second-order valence-electron chi connectivity index (χ2n) is 6.41. The van der Waals surface area contributed by atoms with E-state index in [4.69, 9.17) is 0 Å². The molecule has 0 aromatic carbocycles. The van der Waals surface area contributed by atoms with E-state index in [0.717, 1.165) is 17.8 Å². The van der Waals surface area contributed by atoms with Gasteiger partial charge in [0.05, 0.1) is 0 Å². The molecule has 0 nitrogen and oxygen atoms in total. The normalized spacial score (nSPS) is 22.0. The molecule has 0 amide bonds. The van der Waals surface area contributed by atoms with Gasteiger partial charge >= 0.3 is 0 Å². The largest absolute Gasteiger partial charge is 0.0956 e. The second-order valence-corrected chi connectivity index (χ2v) is 6.41. The maximum Gasteiger partial charge on any atom is -0.0190 e. The van der Waals surface area contributed by atoms with Crippen LogP contribution in [0.1, 0.15) is 72.6 Å². The SMILES string of the molecule is C=C(CCCC(C)C[C@@H](C)CC)C1=CC(CC)C1. The fraction of sp³-hybridized carbons (Fsp3) is 0.778. The van der Waals surface area contributed by atoms with E-state index < -0.39 is 0 Å². The van der Waals surface area contributed by atoms with Gasteiger partial charge in [0.2, 0.25) is 0 Å². The van der Waals surface area contributed by atoms with Crippen molar-refractivity contribution < 1.29 is 0 Å². The summed E-state index contributed by atoms with van der Waals surface area (Å²) in [4.78, 5) is 0. The van der Waals surface area contributed by atoms with Crippen molar-refractivity contribution in [2.24, 2.45) is 17.8 Å². The third-order valence-electron chi connectivity index (χ3n) is 4.57. The summed E-state index contributed by atoms with van der Waals surface area (Å²) >= 11 is 0. The van der Waals surface area contributed by atoms with Crippen LogP contribution in [0.3, 0.4) is 0 Å². The number of hydrogen-bond donors (Lipinski definition) is 0. The molecule has 104 valence electrons. The Morgan fingerprint density at radius 1 is 1.33 bits per heavy atom. The fourth-order valence-corrected chi connectivity index (χ4v) is 2.85. The summed E-state index contributed by atoms with van der Waals surface area (Å²) in [6.07, 6.45) is 11.6. The van der Waals surface area contributed by atoms with E-state index in [1.165, 1.54) is 50.5 Å². The Hall–Kier alpha value is -0.520. The van der Waals surface area contributed by atoms with Crippen LogP contribution in [0, 0.1) is 17.8 Å². The van der Waals surface area contributed by atoms with Crippen LogP contribution in [-0.4, -0.2) is 0 Å². The molecule has 0 saturated carbocycles. The maximum absolute atomic E-state index is 4.25. The average Bonchev–Trinajstić information content (AvgIpc) is 2.27. The molecule has 0 radical (unpaired) electrons. The molecule has 0 aromatic heterocycles. The van der Waals surface area contributed by atoms with Crippen molar-refractivity contribution in [1.29, 1.82) is 0 Å². The van der Waals surface area contributed by atoms with Crippen LogP contribution < -0.4 is 0 Å². The average molecular weight is 248 g/mol. The molecule has 1 rings (SSSR count). The molecule has 0 aliphatic heterocycles. The molecule has 18 heavy (non-hydrogen) atoms. The molecule has 1 aliphatic carbocycles. The molecule has 0 heteroatoms. The summed E-state index contributed by atoms with van der Waals surface area (Å²) < 4.78 is 0. The molecule has 0 fully saturated rings. The Morgan fingerprint density at radius 2 is 2.00 bits per heavy atom. The van der Waals surface area contributed by atoms with Crippen molar-refractivity contribution >= 4 is 0 Å². The Labute approximate surface area is 115 Å². The Morgan fingerprint density at radius 3 is 2.56 bits per heavy atom. The zero-order valence-corrected chi connectivity index (χ0v) is 13.0. The summed E-state index contributed by atoms with van der Waals surface area (Å²) in [6, 6.07) is 0. The molecule has 0 N–H and O–H groups in total. The third kappa shape index (κ3) is 5.00. The second kappa shape index (κ2) is 7.81. The standard InChI is InChI=1S/C18H32/c1-6-14(3)11-15(4)9-8-10-16(5)18-12-17(7-2)13-18/h12,14-15,17H,5-11,13H2,1-4H3/t14-,15?,17?/m0/s1. The van der Waals surface area contributed by atoms with Crippen molar-refractivity contribution in [3.05, 3.63) is 23.8 Å². The molecule has 2 unspecified atom stereocenters. The molecule has 3 atom stereocenters. The molecule has 1 aliphatic rings. The van der Waals surface area contributed by atoms with E-state index in [-0.39, 0.29) is 0 Å². The first-order valence-electron chi connectivity index (χ1n) is 7.95. The Bertz CT molecular complexity index is 284. The van der Waals surface area contributed by atoms with Gasteiger partial charge in [0.15, 0.2) is 0 Å². The van der Waals surface area contributed by atoms with Crippen molar-refractivity contribution in [1.82, 2.24) is 0 Å². The van der Waals surface area contributed by atoms with Gasteiger partial charge < -0.3 is 0 Å². The molecular formula is C18H32. The van der Waals surface area contributed by atoms with Crippen LogP contribution in [0.25, 0.3) is 0 Å². The minimum absolute atomic E-state index is 0.848. The maximum atomic E-state index is 4.25. The quantitative estimate of drug-likeness (QED) is 0.459. The molecular weight excluding hydrogens is 216 g/mol. The van der Waals surface area contributed by atoms with Gasteiger partial charge in [-0.15, -0.1) is 0 Å². The highest BCUT2D eigenvalue weighted by Gasteiger charge is 2.18. The van der Waals surface area contributed by atoms with Gasteiger partial charge in [0.1, 0.15) is 0 Å². The molecule has 0 spiro atoms. The number of hydrogen-bond acceptors (Lipinski definition) is 0. The zero-order chi connectivity index (χ0) is 13.5. The smallest absolute Gasteiger partial charge is 0.0190 e. The van der Waals surface area contributed by atoms with Crippen molar-refractivity contribution in [2.75, 3.05) is 0 Å². The third-order valence-corrected chi connectivity index (χ3v) is 4.57. The number of rotatable bonds is 9. The summed E-state index contributed by atoms with van der Waals surface area (Å²) in [6.45, 7) is 13.6. The predicted octanol–water partition coefficient (Wildman–Crippen LogP) is 6.14. The van der Waals surface area contributed by atoms with Crippen LogP contribution in [0.15, 0.2) is 23.8 Å². The van der Waals surface area contributed by atoms with Gasteiger partial charge in [-0.05, 0) is 55.4 Å². The van der Waals surface area contributed by atoms with Gasteiger partial charge in [0, 0.05) is 0 Å². The molecule has 0 heterocycles. The van der Waals surface area contributed by atoms with Gasteiger partial charge in [-0.3, -0.25) is 0 Å². The summed E-state index contributed by atoms with van der Waals surface area (Å²) in [5, 5.41) is 0. The zero-order valence-electron chi connectivity index (χ0n) is 13.0. The highest BCUT2D eigenvalue weighted by atomic mass is 14.2. The van der Waals surface area contributed by atoms with E-state index in [1.807, 2.05) is 0 Å². The molecule has 0 bridgehead atoms. The lowest BCUT2D eigenvalue weighted by Crippen LogP contribution is -2.10. The van der Waals surface area contributed by atoms with Gasteiger partial charge in [-0.25, -0.2) is 0 Å². The van der Waals surface area contributed by atoms with Crippen LogP contribution >= 0.6 is 0 Å². The first-order valence-corrected chi connectivity index (χ1v) is 7.95. The fourth-order valence-electron chi connectivity index (χ4n) is 2.85.